The summed E-state index contributed by atoms with van der Waals surface area (Å²) in [5, 5.41) is 5.88. The number of furan rings is 1. The van der Waals surface area contributed by atoms with Crippen LogP contribution in [0.15, 0.2) is 86.7 Å². The van der Waals surface area contributed by atoms with Crippen LogP contribution in [0.25, 0.3) is 0 Å². The lowest BCUT2D eigenvalue weighted by atomic mass is 9.83. The van der Waals surface area contributed by atoms with Gasteiger partial charge in [-0.15, -0.1) is 0 Å². The van der Waals surface area contributed by atoms with E-state index < -0.39 is 5.91 Å². The predicted octanol–water partition coefficient (Wildman–Crippen LogP) is 5.73. The first-order valence-electron chi connectivity index (χ1n) is 13.6. The molecule has 2 aromatic heterocycles. The molecule has 0 saturated carbocycles. The summed E-state index contributed by atoms with van der Waals surface area (Å²) < 4.78 is 13.3. The zero-order valence-corrected chi connectivity index (χ0v) is 24.0. The third-order valence-electron chi connectivity index (χ3n) is 7.55. The number of nitrogens with zero attached hydrogens (tertiary/aromatic N) is 2. The van der Waals surface area contributed by atoms with Gasteiger partial charge >= 0.3 is 0 Å². The number of hydrogen-bond acceptors (Lipinski definition) is 6. The van der Waals surface area contributed by atoms with Crippen LogP contribution in [-0.2, 0) is 6.54 Å². The molecule has 2 aromatic carbocycles. The Balaban J connectivity index is 1.29. The van der Waals surface area contributed by atoms with Crippen LogP contribution < -0.4 is 25.8 Å². The number of carbonyl (C=O) groups is 2. The summed E-state index contributed by atoms with van der Waals surface area (Å²) in [6, 6.07) is 21.2. The van der Waals surface area contributed by atoms with Crippen molar-refractivity contribution in [2.75, 3.05) is 35.2 Å². The molecule has 4 heterocycles. The zero-order valence-electron chi connectivity index (χ0n) is 22.4. The average molecular weight is 618 g/mol. The summed E-state index contributed by atoms with van der Waals surface area (Å²) >= 11 is 3.24. The number of hydrogen-bond donors (Lipinski definition) is 2. The maximum Gasteiger partial charge on any atom is 0.291 e. The molecule has 10 heteroatoms. The number of anilines is 3. The Morgan fingerprint density at radius 1 is 0.976 bits per heavy atom. The number of carbonyl (C=O) groups excluding carboxylic acids is 2. The van der Waals surface area contributed by atoms with Gasteiger partial charge in [0.1, 0.15) is 5.75 Å². The summed E-state index contributed by atoms with van der Waals surface area (Å²) in [5.74, 6) is 0.618. The number of rotatable bonds is 7. The van der Waals surface area contributed by atoms with Crippen molar-refractivity contribution in [1.29, 1.82) is 0 Å². The summed E-state index contributed by atoms with van der Waals surface area (Å²) in [6.45, 7) is 4.55. The van der Waals surface area contributed by atoms with Gasteiger partial charge in [-0.3, -0.25) is 14.4 Å². The summed E-state index contributed by atoms with van der Waals surface area (Å²) in [5.41, 5.74) is 3.41. The van der Waals surface area contributed by atoms with Gasteiger partial charge in [-0.05, 0) is 95.9 Å². The van der Waals surface area contributed by atoms with E-state index in [-0.39, 0.29) is 29.1 Å². The molecule has 2 aliphatic heterocycles. The largest absolute Gasteiger partial charge is 0.494 e. The highest BCUT2D eigenvalue weighted by Gasteiger charge is 2.35. The summed E-state index contributed by atoms with van der Waals surface area (Å²) in [4.78, 5) is 41.1. The number of amides is 2. The van der Waals surface area contributed by atoms with Crippen molar-refractivity contribution in [3.05, 3.63) is 105 Å². The van der Waals surface area contributed by atoms with E-state index in [2.05, 4.69) is 31.5 Å². The number of piperidine rings is 1. The molecule has 9 nitrogen and oxygen atoms in total. The van der Waals surface area contributed by atoms with E-state index in [1.807, 2.05) is 29.7 Å². The molecule has 2 atom stereocenters. The van der Waals surface area contributed by atoms with Crippen molar-refractivity contribution in [3.8, 4) is 5.75 Å². The molecule has 210 valence electrons. The zero-order chi connectivity index (χ0) is 28.5. The Labute approximate surface area is 245 Å². The SMILES string of the molecule is CCOc1ccc(NC(=O)c2ccc(N3C[C@H]4C[C@@H](C3)c3cccc(=O)n3C4)c(NC(=O)c3ccc(Br)o3)c2)cc1. The third-order valence-corrected chi connectivity index (χ3v) is 7.97. The minimum Gasteiger partial charge on any atom is -0.494 e. The van der Waals surface area contributed by atoms with Crippen LogP contribution in [-0.4, -0.2) is 36.1 Å². The van der Waals surface area contributed by atoms with Crippen LogP contribution in [0.4, 0.5) is 17.1 Å². The first kappa shape index (κ1) is 26.9. The van der Waals surface area contributed by atoms with E-state index in [0.29, 0.717) is 41.3 Å². The van der Waals surface area contributed by atoms with Crippen LogP contribution in [0.2, 0.25) is 0 Å². The van der Waals surface area contributed by atoms with E-state index in [9.17, 15) is 14.4 Å². The first-order chi connectivity index (χ1) is 19.9. The second kappa shape index (κ2) is 11.3. The highest BCUT2D eigenvalue weighted by molar-refractivity contribution is 9.10. The van der Waals surface area contributed by atoms with E-state index in [1.165, 1.54) is 0 Å². The molecule has 2 aliphatic rings. The number of ether oxygens (including phenoxy) is 1. The van der Waals surface area contributed by atoms with Gasteiger partial charge < -0.3 is 29.3 Å². The van der Waals surface area contributed by atoms with Crippen LogP contribution in [0, 0.1) is 5.92 Å². The van der Waals surface area contributed by atoms with Crippen molar-refractivity contribution in [2.45, 2.75) is 25.8 Å². The number of fused-ring (bicyclic) bond motifs is 4. The van der Waals surface area contributed by atoms with Gasteiger partial charge in [0.15, 0.2) is 10.4 Å². The topological polar surface area (TPSA) is 106 Å². The molecule has 4 aromatic rings. The summed E-state index contributed by atoms with van der Waals surface area (Å²) in [7, 11) is 0. The molecular weight excluding hydrogens is 588 g/mol. The van der Waals surface area contributed by atoms with E-state index in [0.717, 1.165) is 30.1 Å². The lowest BCUT2D eigenvalue weighted by molar-refractivity contribution is 0.0992. The lowest BCUT2D eigenvalue weighted by Crippen LogP contribution is -2.47. The Kier molecular flexibility index (Phi) is 7.40. The Morgan fingerprint density at radius 2 is 1.80 bits per heavy atom. The number of pyridine rings is 1. The number of aromatic nitrogens is 1. The fourth-order valence-electron chi connectivity index (χ4n) is 5.77. The second-order valence-corrected chi connectivity index (χ2v) is 11.1. The molecule has 0 spiro atoms. The fraction of sp³-hybridized carbons (Fsp3) is 0.258. The highest BCUT2D eigenvalue weighted by Crippen LogP contribution is 2.39. The monoisotopic (exact) mass is 616 g/mol. The molecule has 2 N–H and O–H groups in total. The van der Waals surface area contributed by atoms with Gasteiger partial charge in [-0.2, -0.15) is 0 Å². The van der Waals surface area contributed by atoms with Crippen molar-refractivity contribution in [2.24, 2.45) is 5.92 Å². The molecule has 2 bridgehead atoms. The smallest absolute Gasteiger partial charge is 0.291 e. The molecule has 6 rings (SSSR count). The van der Waals surface area contributed by atoms with Gasteiger partial charge in [0.2, 0.25) is 0 Å². The molecule has 41 heavy (non-hydrogen) atoms. The van der Waals surface area contributed by atoms with Gasteiger partial charge in [0.05, 0.1) is 18.0 Å². The minimum absolute atomic E-state index is 0.0334. The quantitative estimate of drug-likeness (QED) is 0.275. The first-order valence-corrected chi connectivity index (χ1v) is 14.4. The number of halogens is 1. The predicted molar refractivity (Wildman–Crippen MR) is 160 cm³/mol. The van der Waals surface area contributed by atoms with Gasteiger partial charge in [-0.25, -0.2) is 0 Å². The molecular formula is C31H29BrN4O5. The number of benzene rings is 2. The van der Waals surface area contributed by atoms with E-state index >= 15 is 0 Å². The Morgan fingerprint density at radius 3 is 2.56 bits per heavy atom. The molecule has 0 aliphatic carbocycles. The summed E-state index contributed by atoms with van der Waals surface area (Å²) in [6.07, 6.45) is 1.00. The maximum atomic E-state index is 13.2. The second-order valence-electron chi connectivity index (χ2n) is 10.3. The van der Waals surface area contributed by atoms with Gasteiger partial charge in [-0.1, -0.05) is 6.07 Å². The standard InChI is InChI=1S/C31H29BrN4O5/c1-2-40-23-9-7-22(8-10-23)33-30(38)20-6-11-26(24(15-20)34-31(39)27-12-13-28(32)41-27)35-16-19-14-21(18-35)25-4-3-5-29(37)36(25)17-19/h3-13,15,19,21H,2,14,16-18H2,1H3,(H,33,38)(H,34,39)/t19-,21+/m1/s1. The Bertz CT molecular complexity index is 1660. The Hall–Kier alpha value is -4.31. The fourth-order valence-corrected chi connectivity index (χ4v) is 6.08. The van der Waals surface area contributed by atoms with E-state index in [1.54, 1.807) is 54.6 Å². The van der Waals surface area contributed by atoms with Crippen molar-refractivity contribution in [1.82, 2.24) is 4.57 Å². The van der Waals surface area contributed by atoms with Crippen LogP contribution in [0.1, 0.15) is 45.9 Å². The molecule has 1 fully saturated rings. The van der Waals surface area contributed by atoms with E-state index in [4.69, 9.17) is 9.15 Å². The molecule has 1 saturated heterocycles. The maximum absolute atomic E-state index is 13.2. The van der Waals surface area contributed by atoms with Gasteiger partial charge in [0, 0.05) is 48.6 Å². The van der Waals surface area contributed by atoms with Crippen LogP contribution in [0.3, 0.4) is 0 Å². The lowest BCUT2D eigenvalue weighted by Gasteiger charge is -2.44. The third kappa shape index (κ3) is 5.65. The molecule has 0 unspecified atom stereocenters. The molecule has 0 radical (unpaired) electrons. The number of nitrogens with one attached hydrogen (secondary N) is 2. The van der Waals surface area contributed by atoms with Crippen LogP contribution >= 0.6 is 15.9 Å². The van der Waals surface area contributed by atoms with Gasteiger partial charge in [0.25, 0.3) is 17.4 Å². The average Bonchev–Trinajstić information content (AvgIpc) is 3.41. The normalized spacial score (nSPS) is 17.5. The van der Waals surface area contributed by atoms with Crippen molar-refractivity contribution < 1.29 is 18.7 Å². The highest BCUT2D eigenvalue weighted by atomic mass is 79.9. The molecule has 2 amide bonds. The van der Waals surface area contributed by atoms with Crippen LogP contribution in [0.5, 0.6) is 5.75 Å². The van der Waals surface area contributed by atoms with Crippen molar-refractivity contribution in [3.63, 3.8) is 0 Å². The van der Waals surface area contributed by atoms with Crippen molar-refractivity contribution >= 4 is 44.8 Å². The minimum atomic E-state index is -0.421.